The number of rotatable bonds is 6. The normalized spacial score (nSPS) is 26.3. The summed E-state index contributed by atoms with van der Waals surface area (Å²) in [6, 6.07) is 7.75. The molecule has 2 unspecified atom stereocenters. The lowest BCUT2D eigenvalue weighted by Gasteiger charge is -2.57. The third-order valence-electron chi connectivity index (χ3n) is 5.98. The average Bonchev–Trinajstić information content (AvgIpc) is 3.05. The number of hydrogen-bond donors (Lipinski definition) is 2. The molecule has 2 aliphatic rings. The summed E-state index contributed by atoms with van der Waals surface area (Å²) in [5, 5.41) is 2.97. The van der Waals surface area contributed by atoms with E-state index in [0.29, 0.717) is 26.0 Å². The van der Waals surface area contributed by atoms with E-state index in [4.69, 9.17) is 10.5 Å². The Hall–Kier alpha value is -1.63. The van der Waals surface area contributed by atoms with Gasteiger partial charge in [0.1, 0.15) is 5.54 Å². The van der Waals surface area contributed by atoms with E-state index in [1.165, 1.54) is 0 Å². The lowest BCUT2D eigenvalue weighted by atomic mass is 9.54. The molecule has 1 heterocycles. The van der Waals surface area contributed by atoms with Crippen LogP contribution in [0.15, 0.2) is 24.3 Å². The summed E-state index contributed by atoms with van der Waals surface area (Å²) in [4.78, 5) is 26.4. The number of nitrogens with one attached hydrogen (secondary N) is 1. The van der Waals surface area contributed by atoms with Crippen LogP contribution in [0.2, 0.25) is 0 Å². The molecule has 3 rings (SSSR count). The van der Waals surface area contributed by atoms with Gasteiger partial charge in [0.2, 0.25) is 11.8 Å². The fraction of sp³-hybridized carbons (Fsp3) is 0.600. The van der Waals surface area contributed by atoms with Crippen LogP contribution in [0, 0.1) is 5.41 Å². The highest BCUT2D eigenvalue weighted by molar-refractivity contribution is 5.95. The summed E-state index contributed by atoms with van der Waals surface area (Å²) in [6.45, 7) is 7.68. The summed E-state index contributed by atoms with van der Waals surface area (Å²) in [5.41, 5.74) is 6.93. The van der Waals surface area contributed by atoms with E-state index in [1.54, 1.807) is 4.90 Å². The standard InChI is InChI=1S/C20H29N3O3.ClH/c1-4-26-16-12-20(21,19(16,2)3)18(25)22-13-14-7-5-8-15(11-14)23-10-6-9-17(23)24;/h5,7-8,11,16H,4,6,9-10,12-13,21H2,1-3H3,(H,22,25);1H. The predicted octanol–water partition coefficient (Wildman–Crippen LogP) is 2.38. The van der Waals surface area contributed by atoms with E-state index in [1.807, 2.05) is 45.0 Å². The Kier molecular flexibility index (Phi) is 6.55. The second-order valence-corrected chi connectivity index (χ2v) is 7.84. The molecule has 0 radical (unpaired) electrons. The molecule has 3 N–H and O–H groups in total. The second-order valence-electron chi connectivity index (χ2n) is 7.84. The van der Waals surface area contributed by atoms with Crippen LogP contribution in [0.1, 0.15) is 45.6 Å². The highest BCUT2D eigenvalue weighted by Crippen LogP contribution is 2.49. The molecule has 0 spiro atoms. The molecule has 0 bridgehead atoms. The quantitative estimate of drug-likeness (QED) is 0.774. The van der Waals surface area contributed by atoms with Crippen molar-refractivity contribution in [2.24, 2.45) is 11.1 Å². The number of amides is 2. The highest BCUT2D eigenvalue weighted by atomic mass is 35.5. The molecular weight excluding hydrogens is 366 g/mol. The molecule has 150 valence electrons. The van der Waals surface area contributed by atoms with Crippen molar-refractivity contribution in [1.29, 1.82) is 0 Å². The Bertz CT molecular complexity index is 709. The zero-order valence-corrected chi connectivity index (χ0v) is 17.1. The minimum Gasteiger partial charge on any atom is -0.378 e. The Balaban J connectivity index is 0.00000261. The first-order chi connectivity index (χ1) is 12.3. The van der Waals surface area contributed by atoms with Crippen molar-refractivity contribution < 1.29 is 14.3 Å². The van der Waals surface area contributed by atoms with Crippen LogP contribution < -0.4 is 16.0 Å². The van der Waals surface area contributed by atoms with Crippen LogP contribution in [0.25, 0.3) is 0 Å². The van der Waals surface area contributed by atoms with Gasteiger partial charge in [0, 0.05) is 43.6 Å². The molecule has 1 saturated carbocycles. The Morgan fingerprint density at radius 1 is 1.41 bits per heavy atom. The van der Waals surface area contributed by atoms with Crippen LogP contribution >= 0.6 is 12.4 Å². The van der Waals surface area contributed by atoms with Gasteiger partial charge in [-0.2, -0.15) is 0 Å². The van der Waals surface area contributed by atoms with Crippen molar-refractivity contribution in [2.45, 2.75) is 58.2 Å². The van der Waals surface area contributed by atoms with Crippen LogP contribution in [-0.4, -0.2) is 36.6 Å². The first-order valence-electron chi connectivity index (χ1n) is 9.37. The lowest BCUT2D eigenvalue weighted by molar-refractivity contribution is -0.170. The number of benzene rings is 1. The minimum atomic E-state index is -0.921. The van der Waals surface area contributed by atoms with E-state index in [9.17, 15) is 9.59 Å². The fourth-order valence-electron chi connectivity index (χ4n) is 3.92. The van der Waals surface area contributed by atoms with E-state index in [0.717, 1.165) is 24.2 Å². The number of nitrogens with two attached hydrogens (primary N) is 1. The van der Waals surface area contributed by atoms with Gasteiger partial charge in [-0.3, -0.25) is 9.59 Å². The molecule has 2 amide bonds. The van der Waals surface area contributed by atoms with E-state index < -0.39 is 11.0 Å². The van der Waals surface area contributed by atoms with Crippen molar-refractivity contribution in [3.05, 3.63) is 29.8 Å². The van der Waals surface area contributed by atoms with Crippen molar-refractivity contribution >= 4 is 29.9 Å². The molecule has 2 atom stereocenters. The van der Waals surface area contributed by atoms with E-state index in [2.05, 4.69) is 5.32 Å². The number of nitrogens with zero attached hydrogens (tertiary/aromatic N) is 1. The molecular formula is C20H30ClN3O3. The smallest absolute Gasteiger partial charge is 0.241 e. The SMILES string of the molecule is CCOC1CC(N)(C(=O)NCc2cccc(N3CCCC3=O)c2)C1(C)C.Cl. The molecule has 1 aromatic carbocycles. The van der Waals surface area contributed by atoms with Gasteiger partial charge in [0.05, 0.1) is 6.10 Å². The monoisotopic (exact) mass is 395 g/mol. The topological polar surface area (TPSA) is 84.7 Å². The van der Waals surface area contributed by atoms with Gasteiger partial charge in [-0.1, -0.05) is 26.0 Å². The molecule has 1 saturated heterocycles. The van der Waals surface area contributed by atoms with Crippen LogP contribution in [0.5, 0.6) is 0 Å². The van der Waals surface area contributed by atoms with Crippen LogP contribution in [0.4, 0.5) is 5.69 Å². The summed E-state index contributed by atoms with van der Waals surface area (Å²) in [6.07, 6.45) is 2.04. The second kappa shape index (κ2) is 8.17. The average molecular weight is 396 g/mol. The molecule has 1 aromatic rings. The molecule has 1 aliphatic heterocycles. The molecule has 0 aromatic heterocycles. The maximum atomic E-state index is 12.7. The van der Waals surface area contributed by atoms with Gasteiger partial charge in [-0.05, 0) is 31.0 Å². The van der Waals surface area contributed by atoms with Crippen molar-refractivity contribution in [1.82, 2.24) is 5.32 Å². The summed E-state index contributed by atoms with van der Waals surface area (Å²) in [7, 11) is 0. The Morgan fingerprint density at radius 3 is 2.74 bits per heavy atom. The number of hydrogen-bond acceptors (Lipinski definition) is 4. The third kappa shape index (κ3) is 3.84. The van der Waals surface area contributed by atoms with Gasteiger partial charge < -0.3 is 20.7 Å². The van der Waals surface area contributed by atoms with Crippen molar-refractivity contribution in [3.63, 3.8) is 0 Å². The molecule has 6 nitrogen and oxygen atoms in total. The maximum Gasteiger partial charge on any atom is 0.241 e. The Labute approximate surface area is 167 Å². The molecule has 1 aliphatic carbocycles. The number of carbonyl (C=O) groups excluding carboxylic acids is 2. The first-order valence-corrected chi connectivity index (χ1v) is 9.37. The van der Waals surface area contributed by atoms with Gasteiger partial charge in [-0.25, -0.2) is 0 Å². The zero-order valence-electron chi connectivity index (χ0n) is 16.3. The zero-order chi connectivity index (χ0) is 18.9. The largest absolute Gasteiger partial charge is 0.378 e. The fourth-order valence-corrected chi connectivity index (χ4v) is 3.92. The maximum absolute atomic E-state index is 12.7. The number of halogens is 1. The first kappa shape index (κ1) is 21.7. The minimum absolute atomic E-state index is 0. The predicted molar refractivity (Wildman–Crippen MR) is 108 cm³/mol. The number of ether oxygens (including phenoxy) is 1. The van der Waals surface area contributed by atoms with Crippen LogP contribution in [-0.2, 0) is 20.9 Å². The number of carbonyl (C=O) groups is 2. The summed E-state index contributed by atoms with van der Waals surface area (Å²) < 4.78 is 5.69. The molecule has 27 heavy (non-hydrogen) atoms. The summed E-state index contributed by atoms with van der Waals surface area (Å²) >= 11 is 0. The van der Waals surface area contributed by atoms with Gasteiger partial charge in [0.25, 0.3) is 0 Å². The van der Waals surface area contributed by atoms with Crippen LogP contribution in [0.3, 0.4) is 0 Å². The third-order valence-corrected chi connectivity index (χ3v) is 5.98. The molecule has 7 heteroatoms. The van der Waals surface area contributed by atoms with Crippen molar-refractivity contribution in [2.75, 3.05) is 18.1 Å². The van der Waals surface area contributed by atoms with E-state index in [-0.39, 0.29) is 30.3 Å². The lowest BCUT2D eigenvalue weighted by Crippen LogP contribution is -2.75. The highest BCUT2D eigenvalue weighted by Gasteiger charge is 2.62. The van der Waals surface area contributed by atoms with E-state index >= 15 is 0 Å². The van der Waals surface area contributed by atoms with Crippen molar-refractivity contribution in [3.8, 4) is 0 Å². The van der Waals surface area contributed by atoms with Gasteiger partial charge in [-0.15, -0.1) is 12.4 Å². The number of anilines is 1. The molecule has 2 fully saturated rings. The van der Waals surface area contributed by atoms with Gasteiger partial charge in [0.15, 0.2) is 0 Å². The Morgan fingerprint density at radius 2 is 2.15 bits per heavy atom. The van der Waals surface area contributed by atoms with Gasteiger partial charge >= 0.3 is 0 Å². The summed E-state index contributed by atoms with van der Waals surface area (Å²) in [5.74, 6) is 0.00591.